The Kier molecular flexibility index (Phi) is 4.75. The van der Waals surface area contributed by atoms with Crippen LogP contribution in [0.25, 0.3) is 5.65 Å². The van der Waals surface area contributed by atoms with Gasteiger partial charge in [0.05, 0.1) is 6.20 Å². The molecule has 3 heterocycles. The van der Waals surface area contributed by atoms with Crippen molar-refractivity contribution in [2.75, 3.05) is 24.6 Å². The predicted molar refractivity (Wildman–Crippen MR) is 93.2 cm³/mol. The van der Waals surface area contributed by atoms with E-state index in [4.69, 9.17) is 5.73 Å². The average Bonchev–Trinajstić information content (AvgIpc) is 2.99. The van der Waals surface area contributed by atoms with E-state index in [1.807, 2.05) is 30.5 Å². The summed E-state index contributed by atoms with van der Waals surface area (Å²) >= 11 is 1.89. The summed E-state index contributed by atoms with van der Waals surface area (Å²) in [6.07, 6.45) is 2.52. The molecular formula is C16H21N5O2S. The Morgan fingerprint density at radius 3 is 2.67 bits per heavy atom. The Bertz CT molecular complexity index is 795. The highest BCUT2D eigenvalue weighted by atomic mass is 32.2. The Morgan fingerprint density at radius 2 is 2.00 bits per heavy atom. The minimum absolute atomic E-state index is 0.187. The summed E-state index contributed by atoms with van der Waals surface area (Å²) in [6.45, 7) is 5.48. The van der Waals surface area contributed by atoms with Gasteiger partial charge in [0.2, 0.25) is 5.91 Å². The SMILES string of the molecule is Cc1nc2c(C(N)=O)cnn2c(C)c1CCC(=O)N1CCSCC1. The lowest BCUT2D eigenvalue weighted by Gasteiger charge is -2.26. The topological polar surface area (TPSA) is 93.6 Å². The summed E-state index contributed by atoms with van der Waals surface area (Å²) in [5, 5.41) is 4.21. The molecule has 2 aromatic heterocycles. The molecule has 2 N–H and O–H groups in total. The number of carbonyl (C=O) groups excluding carboxylic acids is 2. The van der Waals surface area contributed by atoms with E-state index in [2.05, 4.69) is 10.1 Å². The van der Waals surface area contributed by atoms with Crippen LogP contribution in [0.5, 0.6) is 0 Å². The van der Waals surface area contributed by atoms with E-state index < -0.39 is 5.91 Å². The van der Waals surface area contributed by atoms with Crippen LogP contribution in [-0.4, -0.2) is 55.9 Å². The lowest BCUT2D eigenvalue weighted by atomic mass is 10.1. The van der Waals surface area contributed by atoms with Crippen LogP contribution in [-0.2, 0) is 11.2 Å². The van der Waals surface area contributed by atoms with Crippen molar-refractivity contribution in [2.45, 2.75) is 26.7 Å². The molecule has 1 saturated heterocycles. The zero-order valence-electron chi connectivity index (χ0n) is 13.9. The summed E-state index contributed by atoms with van der Waals surface area (Å²) < 4.78 is 1.63. The first-order valence-corrected chi connectivity index (χ1v) is 9.13. The van der Waals surface area contributed by atoms with E-state index in [0.29, 0.717) is 24.1 Å². The van der Waals surface area contributed by atoms with Crippen molar-refractivity contribution in [1.29, 1.82) is 0 Å². The predicted octanol–water partition coefficient (Wildman–Crippen LogP) is 0.953. The lowest BCUT2D eigenvalue weighted by Crippen LogP contribution is -2.38. The van der Waals surface area contributed by atoms with Crippen molar-refractivity contribution in [3.63, 3.8) is 0 Å². The molecular weight excluding hydrogens is 326 g/mol. The Morgan fingerprint density at radius 1 is 1.29 bits per heavy atom. The van der Waals surface area contributed by atoms with E-state index in [-0.39, 0.29) is 5.91 Å². The average molecular weight is 347 g/mol. The minimum atomic E-state index is -0.540. The fraction of sp³-hybridized carbons (Fsp3) is 0.500. The highest BCUT2D eigenvalue weighted by Gasteiger charge is 2.19. The number of carbonyl (C=O) groups is 2. The summed E-state index contributed by atoms with van der Waals surface area (Å²) in [7, 11) is 0. The Hall–Kier alpha value is -2.09. The number of aryl methyl sites for hydroxylation is 2. The van der Waals surface area contributed by atoms with Gasteiger partial charge in [0.15, 0.2) is 5.65 Å². The van der Waals surface area contributed by atoms with Gasteiger partial charge in [0.25, 0.3) is 5.91 Å². The zero-order chi connectivity index (χ0) is 17.3. The molecule has 1 aliphatic rings. The molecule has 0 atom stereocenters. The third kappa shape index (κ3) is 3.10. The number of hydrogen-bond donors (Lipinski definition) is 1. The summed E-state index contributed by atoms with van der Waals surface area (Å²) in [5.74, 6) is 1.68. The molecule has 0 radical (unpaired) electrons. The molecule has 0 saturated carbocycles. The first-order valence-electron chi connectivity index (χ1n) is 7.98. The van der Waals surface area contributed by atoms with Crippen molar-refractivity contribution in [1.82, 2.24) is 19.5 Å². The van der Waals surface area contributed by atoms with Gasteiger partial charge < -0.3 is 10.6 Å². The number of fused-ring (bicyclic) bond motifs is 1. The Balaban J connectivity index is 1.82. The monoisotopic (exact) mass is 347 g/mol. The number of thioether (sulfide) groups is 1. The second-order valence-electron chi connectivity index (χ2n) is 5.91. The van der Waals surface area contributed by atoms with Crippen LogP contribution in [0.3, 0.4) is 0 Å². The van der Waals surface area contributed by atoms with Gasteiger partial charge in [-0.25, -0.2) is 9.50 Å². The molecule has 0 unspecified atom stereocenters. The van der Waals surface area contributed by atoms with Gasteiger partial charge in [-0.05, 0) is 25.8 Å². The highest BCUT2D eigenvalue weighted by molar-refractivity contribution is 7.99. The Labute approximate surface area is 144 Å². The summed E-state index contributed by atoms with van der Waals surface area (Å²) in [6, 6.07) is 0. The van der Waals surface area contributed by atoms with Gasteiger partial charge in [-0.15, -0.1) is 0 Å². The number of rotatable bonds is 4. The van der Waals surface area contributed by atoms with Gasteiger partial charge in [-0.1, -0.05) is 0 Å². The third-order valence-electron chi connectivity index (χ3n) is 4.43. The maximum atomic E-state index is 12.4. The maximum absolute atomic E-state index is 12.4. The van der Waals surface area contributed by atoms with Crippen LogP contribution in [0.4, 0.5) is 0 Å². The third-order valence-corrected chi connectivity index (χ3v) is 5.37. The molecule has 7 nitrogen and oxygen atoms in total. The molecule has 1 fully saturated rings. The molecule has 0 aromatic carbocycles. The van der Waals surface area contributed by atoms with Crippen molar-refractivity contribution < 1.29 is 9.59 Å². The van der Waals surface area contributed by atoms with Crippen molar-refractivity contribution in [2.24, 2.45) is 5.73 Å². The van der Waals surface area contributed by atoms with Crippen LogP contribution in [0.15, 0.2) is 6.20 Å². The van der Waals surface area contributed by atoms with Crippen molar-refractivity contribution in [3.05, 3.63) is 28.7 Å². The quantitative estimate of drug-likeness (QED) is 0.889. The maximum Gasteiger partial charge on any atom is 0.254 e. The van der Waals surface area contributed by atoms with E-state index in [1.54, 1.807) is 4.52 Å². The molecule has 3 rings (SSSR count). The number of amides is 2. The molecule has 2 amide bonds. The van der Waals surface area contributed by atoms with Gasteiger partial charge in [-0.3, -0.25) is 9.59 Å². The van der Waals surface area contributed by atoms with Gasteiger partial charge in [0, 0.05) is 42.4 Å². The van der Waals surface area contributed by atoms with Crippen LogP contribution in [0, 0.1) is 13.8 Å². The summed E-state index contributed by atoms with van der Waals surface area (Å²) in [4.78, 5) is 30.2. The number of primary amides is 1. The summed E-state index contributed by atoms with van der Waals surface area (Å²) in [5.41, 5.74) is 8.85. The number of nitrogens with zero attached hydrogens (tertiary/aromatic N) is 4. The highest BCUT2D eigenvalue weighted by Crippen LogP contribution is 2.19. The van der Waals surface area contributed by atoms with Crippen molar-refractivity contribution in [3.8, 4) is 0 Å². The lowest BCUT2D eigenvalue weighted by molar-refractivity contribution is -0.130. The largest absolute Gasteiger partial charge is 0.365 e. The van der Waals surface area contributed by atoms with Crippen LogP contribution in [0.2, 0.25) is 0 Å². The fourth-order valence-electron chi connectivity index (χ4n) is 3.05. The van der Waals surface area contributed by atoms with Crippen LogP contribution < -0.4 is 5.73 Å². The smallest absolute Gasteiger partial charge is 0.254 e. The molecule has 2 aromatic rings. The van der Waals surface area contributed by atoms with Gasteiger partial charge >= 0.3 is 0 Å². The van der Waals surface area contributed by atoms with E-state index in [1.165, 1.54) is 6.20 Å². The standard InChI is InChI=1S/C16H21N5O2S/c1-10-12(3-4-14(22)20-5-7-24-8-6-20)11(2)21-16(19-10)13(9-18-21)15(17)23/h9H,3-8H2,1-2H3,(H2,17,23). The second kappa shape index (κ2) is 6.80. The van der Waals surface area contributed by atoms with E-state index >= 15 is 0 Å². The first kappa shape index (κ1) is 16.8. The molecule has 0 spiro atoms. The minimum Gasteiger partial charge on any atom is -0.365 e. The number of nitrogens with two attached hydrogens (primary N) is 1. The molecule has 0 aliphatic carbocycles. The van der Waals surface area contributed by atoms with Gasteiger partial charge in [-0.2, -0.15) is 16.9 Å². The van der Waals surface area contributed by atoms with Crippen molar-refractivity contribution >= 4 is 29.2 Å². The normalized spacial score (nSPS) is 15.0. The second-order valence-corrected chi connectivity index (χ2v) is 7.14. The molecule has 0 bridgehead atoms. The van der Waals surface area contributed by atoms with Gasteiger partial charge in [0.1, 0.15) is 5.56 Å². The van der Waals surface area contributed by atoms with Crippen LogP contribution in [0.1, 0.15) is 33.7 Å². The number of hydrogen-bond acceptors (Lipinski definition) is 5. The van der Waals surface area contributed by atoms with E-state index in [9.17, 15) is 9.59 Å². The number of aromatic nitrogens is 3. The molecule has 24 heavy (non-hydrogen) atoms. The molecule has 8 heteroatoms. The van der Waals surface area contributed by atoms with Crippen LogP contribution >= 0.6 is 11.8 Å². The van der Waals surface area contributed by atoms with E-state index in [0.717, 1.165) is 41.5 Å². The molecule has 128 valence electrons. The molecule has 1 aliphatic heterocycles. The first-order chi connectivity index (χ1) is 11.5. The fourth-order valence-corrected chi connectivity index (χ4v) is 3.95. The zero-order valence-corrected chi connectivity index (χ0v) is 14.7.